The largest absolute Gasteiger partial charge is 0.401 e. The molecule has 0 saturated carbocycles. The highest BCUT2D eigenvalue weighted by atomic mass is 32.1. The molecule has 0 spiro atoms. The first-order valence-electron chi connectivity index (χ1n) is 9.67. The first-order valence-corrected chi connectivity index (χ1v) is 10.5. The van der Waals surface area contributed by atoms with Crippen molar-refractivity contribution in [3.8, 4) is 5.69 Å². The lowest BCUT2D eigenvalue weighted by Crippen LogP contribution is -2.22. The van der Waals surface area contributed by atoms with E-state index in [-0.39, 0.29) is 0 Å². The minimum atomic E-state index is -0.423. The highest BCUT2D eigenvalue weighted by Gasteiger charge is 2.28. The zero-order valence-electron chi connectivity index (χ0n) is 16.0. The van der Waals surface area contributed by atoms with Crippen LogP contribution in [-0.4, -0.2) is 34.7 Å². The molecule has 4 heterocycles. The van der Waals surface area contributed by atoms with Gasteiger partial charge in [0, 0.05) is 18.7 Å². The van der Waals surface area contributed by atoms with E-state index in [0.717, 1.165) is 53.6 Å². The Morgan fingerprint density at radius 2 is 1.90 bits per heavy atom. The number of cyclic esters (lactones) is 1. The number of aromatic nitrogens is 2. The lowest BCUT2D eigenvalue weighted by atomic mass is 10.2. The minimum Gasteiger partial charge on any atom is -0.401 e. The summed E-state index contributed by atoms with van der Waals surface area (Å²) in [4.78, 5) is 20.1. The Bertz CT molecular complexity index is 1110. The fourth-order valence-corrected chi connectivity index (χ4v) is 4.38. The number of esters is 1. The van der Waals surface area contributed by atoms with Crippen molar-refractivity contribution in [2.75, 3.05) is 18.0 Å². The van der Waals surface area contributed by atoms with Gasteiger partial charge in [0.2, 0.25) is 5.90 Å². The van der Waals surface area contributed by atoms with Crippen LogP contribution in [0.4, 0.5) is 5.82 Å². The quantitative estimate of drug-likeness (QED) is 0.483. The molecule has 0 bridgehead atoms. The predicted molar refractivity (Wildman–Crippen MR) is 115 cm³/mol. The van der Waals surface area contributed by atoms with E-state index in [1.54, 1.807) is 0 Å². The van der Waals surface area contributed by atoms with Gasteiger partial charge in [-0.05, 0) is 49.4 Å². The van der Waals surface area contributed by atoms with Gasteiger partial charge >= 0.3 is 5.97 Å². The summed E-state index contributed by atoms with van der Waals surface area (Å²) >= 11 is 1.50. The van der Waals surface area contributed by atoms with E-state index in [1.165, 1.54) is 11.3 Å². The monoisotopic (exact) mass is 404 g/mol. The number of hydrogen-bond acceptors (Lipinski definition) is 6. The number of nitrogens with zero attached hydrogens (tertiary/aromatic N) is 4. The van der Waals surface area contributed by atoms with E-state index in [4.69, 9.17) is 9.84 Å². The van der Waals surface area contributed by atoms with Crippen molar-refractivity contribution in [3.63, 3.8) is 0 Å². The average molecular weight is 404 g/mol. The van der Waals surface area contributed by atoms with Crippen molar-refractivity contribution < 1.29 is 9.53 Å². The van der Waals surface area contributed by atoms with Crippen molar-refractivity contribution in [2.45, 2.75) is 19.8 Å². The molecule has 0 atom stereocenters. The third kappa shape index (κ3) is 3.27. The molecule has 2 aliphatic rings. The smallest absolute Gasteiger partial charge is 0.363 e. The molecule has 29 heavy (non-hydrogen) atoms. The van der Waals surface area contributed by atoms with Gasteiger partial charge in [-0.1, -0.05) is 24.3 Å². The molecule has 3 aromatic rings. The second-order valence-electron chi connectivity index (χ2n) is 7.08. The summed E-state index contributed by atoms with van der Waals surface area (Å²) in [5.74, 6) is 0.950. The molecular formula is C22H20N4O2S. The molecule has 6 nitrogen and oxygen atoms in total. The molecule has 1 aromatic carbocycles. The van der Waals surface area contributed by atoms with Crippen LogP contribution in [0, 0.1) is 6.92 Å². The van der Waals surface area contributed by atoms with Gasteiger partial charge in [0.05, 0.1) is 16.3 Å². The van der Waals surface area contributed by atoms with Gasteiger partial charge in [0.25, 0.3) is 0 Å². The van der Waals surface area contributed by atoms with Crippen LogP contribution < -0.4 is 4.90 Å². The molecule has 2 aliphatic heterocycles. The van der Waals surface area contributed by atoms with Crippen LogP contribution in [0.25, 0.3) is 11.8 Å². The lowest BCUT2D eigenvalue weighted by Gasteiger charge is -2.20. The number of hydrogen-bond donors (Lipinski definition) is 0. The number of rotatable bonds is 4. The van der Waals surface area contributed by atoms with E-state index in [0.29, 0.717) is 11.6 Å². The number of para-hydroxylation sites is 1. The summed E-state index contributed by atoms with van der Waals surface area (Å²) in [6.45, 7) is 3.92. The Morgan fingerprint density at radius 1 is 1.10 bits per heavy atom. The van der Waals surface area contributed by atoms with Crippen molar-refractivity contribution in [3.05, 3.63) is 69.7 Å². The third-order valence-corrected chi connectivity index (χ3v) is 5.98. The number of benzene rings is 1. The van der Waals surface area contributed by atoms with Crippen LogP contribution in [0.5, 0.6) is 0 Å². The molecule has 0 amide bonds. The highest BCUT2D eigenvalue weighted by Crippen LogP contribution is 2.33. The van der Waals surface area contributed by atoms with Crippen LogP contribution in [0.15, 0.2) is 58.5 Å². The van der Waals surface area contributed by atoms with Gasteiger partial charge in [-0.15, -0.1) is 11.3 Å². The van der Waals surface area contributed by atoms with Gasteiger partial charge in [-0.3, -0.25) is 0 Å². The first kappa shape index (κ1) is 17.9. The van der Waals surface area contributed by atoms with Crippen LogP contribution in [0.1, 0.15) is 29.0 Å². The van der Waals surface area contributed by atoms with Crippen LogP contribution in [-0.2, 0) is 9.53 Å². The van der Waals surface area contributed by atoms with Crippen molar-refractivity contribution in [1.82, 2.24) is 9.78 Å². The number of carbonyl (C=O) groups excluding carboxylic acids is 1. The molecule has 2 aromatic heterocycles. The lowest BCUT2D eigenvalue weighted by molar-refractivity contribution is -0.129. The van der Waals surface area contributed by atoms with E-state index in [9.17, 15) is 4.79 Å². The molecule has 5 rings (SSSR count). The average Bonchev–Trinajstić information content (AvgIpc) is 3.52. The Balaban J connectivity index is 1.62. The maximum absolute atomic E-state index is 12.5. The molecule has 0 N–H and O–H groups in total. The maximum Gasteiger partial charge on any atom is 0.363 e. The predicted octanol–water partition coefficient (Wildman–Crippen LogP) is 4.19. The minimum absolute atomic E-state index is 0.310. The van der Waals surface area contributed by atoms with Crippen molar-refractivity contribution >= 4 is 35.1 Å². The van der Waals surface area contributed by atoms with Gasteiger partial charge < -0.3 is 9.64 Å². The van der Waals surface area contributed by atoms with Crippen molar-refractivity contribution in [2.24, 2.45) is 4.99 Å². The summed E-state index contributed by atoms with van der Waals surface area (Å²) in [5, 5.41) is 6.73. The molecule has 0 unspecified atom stereocenters. The van der Waals surface area contributed by atoms with Crippen LogP contribution in [0.2, 0.25) is 0 Å². The van der Waals surface area contributed by atoms with Gasteiger partial charge in [-0.2, -0.15) is 5.10 Å². The van der Waals surface area contributed by atoms with Gasteiger partial charge in [0.1, 0.15) is 5.82 Å². The SMILES string of the molecule is Cc1nn(-c2ccccc2)c(N2CCCC2)c1/C=C1\N=C(c2cccs2)OC1=O. The summed E-state index contributed by atoms with van der Waals surface area (Å²) < 4.78 is 7.37. The normalized spacial score (nSPS) is 17.8. The molecule has 1 fully saturated rings. The zero-order chi connectivity index (χ0) is 19.8. The second kappa shape index (κ2) is 7.33. The molecular weight excluding hydrogens is 384 g/mol. The molecule has 1 saturated heterocycles. The van der Waals surface area contributed by atoms with E-state index in [2.05, 4.69) is 9.89 Å². The Morgan fingerprint density at radius 3 is 2.62 bits per heavy atom. The van der Waals surface area contributed by atoms with Crippen LogP contribution >= 0.6 is 11.3 Å². The Hall–Kier alpha value is -3.19. The second-order valence-corrected chi connectivity index (χ2v) is 8.03. The summed E-state index contributed by atoms with van der Waals surface area (Å²) in [5.41, 5.74) is 3.08. The summed E-state index contributed by atoms with van der Waals surface area (Å²) in [6, 6.07) is 13.9. The van der Waals surface area contributed by atoms with Crippen LogP contribution in [0.3, 0.4) is 0 Å². The van der Waals surface area contributed by atoms with Crippen molar-refractivity contribution in [1.29, 1.82) is 0 Å². The molecule has 7 heteroatoms. The zero-order valence-corrected chi connectivity index (χ0v) is 16.9. The Kier molecular flexibility index (Phi) is 4.52. The third-order valence-electron chi connectivity index (χ3n) is 5.12. The fraction of sp³-hybridized carbons (Fsp3) is 0.227. The maximum atomic E-state index is 12.5. The Labute approximate surface area is 172 Å². The standard InChI is InChI=1S/C22H20N4O2S/c1-15-17(14-18-22(27)28-20(23-18)19-10-7-13-29-19)21(25-11-5-6-12-25)26(24-15)16-8-3-2-4-9-16/h2-4,7-10,13-14H,5-6,11-12H2,1H3/b18-14-. The summed E-state index contributed by atoms with van der Waals surface area (Å²) in [6.07, 6.45) is 4.12. The first-order chi connectivity index (χ1) is 14.2. The van der Waals surface area contributed by atoms with Gasteiger partial charge in [-0.25, -0.2) is 14.5 Å². The number of aryl methyl sites for hydroxylation is 1. The highest BCUT2D eigenvalue weighted by molar-refractivity contribution is 7.12. The number of aliphatic imine (C=N–C) groups is 1. The van der Waals surface area contributed by atoms with Gasteiger partial charge in [0.15, 0.2) is 5.70 Å². The molecule has 0 radical (unpaired) electrons. The molecule has 146 valence electrons. The number of carbonyl (C=O) groups is 1. The van der Waals surface area contributed by atoms with E-state index < -0.39 is 5.97 Å². The van der Waals surface area contributed by atoms with E-state index in [1.807, 2.05) is 65.5 Å². The summed E-state index contributed by atoms with van der Waals surface area (Å²) in [7, 11) is 0. The number of anilines is 1. The fourth-order valence-electron chi connectivity index (χ4n) is 3.73. The van der Waals surface area contributed by atoms with E-state index >= 15 is 0 Å². The molecule has 0 aliphatic carbocycles. The topological polar surface area (TPSA) is 59.7 Å². The number of thiophene rings is 1. The number of ether oxygens (including phenoxy) is 1.